The maximum Gasteiger partial charge on any atom is 0.339 e. The second kappa shape index (κ2) is 5.74. The molecule has 1 aromatic heterocycles. The number of aromatic carboxylic acids is 1. The highest BCUT2D eigenvalue weighted by molar-refractivity contribution is 5.95. The zero-order valence-electron chi connectivity index (χ0n) is 11.9. The molecule has 0 atom stereocenters. The van der Waals surface area contributed by atoms with Gasteiger partial charge in [-0.25, -0.2) is 4.79 Å². The van der Waals surface area contributed by atoms with Crippen molar-refractivity contribution >= 4 is 17.3 Å². The third-order valence-electron chi connectivity index (χ3n) is 3.17. The summed E-state index contributed by atoms with van der Waals surface area (Å²) in [5.41, 5.74) is 3.83. The lowest BCUT2D eigenvalue weighted by Gasteiger charge is -2.25. The summed E-state index contributed by atoms with van der Waals surface area (Å²) in [6.07, 6.45) is 1.42. The van der Waals surface area contributed by atoms with Gasteiger partial charge in [0.1, 0.15) is 5.56 Å². The first-order valence-electron chi connectivity index (χ1n) is 6.57. The summed E-state index contributed by atoms with van der Waals surface area (Å²) in [6.45, 7) is 6.57. The van der Waals surface area contributed by atoms with Gasteiger partial charge in [0.05, 0.1) is 5.69 Å². The smallest absolute Gasteiger partial charge is 0.339 e. The Hall–Kier alpha value is -2.36. The molecule has 0 aliphatic rings. The molecule has 0 unspecified atom stereocenters. The molecule has 0 fully saturated rings. The molecule has 2 aromatic rings. The number of pyridine rings is 1. The van der Waals surface area contributed by atoms with E-state index >= 15 is 0 Å². The van der Waals surface area contributed by atoms with E-state index in [1.807, 2.05) is 56.0 Å². The van der Waals surface area contributed by atoms with Gasteiger partial charge in [-0.3, -0.25) is 4.98 Å². The van der Waals surface area contributed by atoms with Gasteiger partial charge in [-0.15, -0.1) is 0 Å². The van der Waals surface area contributed by atoms with Crippen LogP contribution in [-0.2, 0) is 0 Å². The van der Waals surface area contributed by atoms with Gasteiger partial charge in [-0.1, -0.05) is 12.1 Å². The molecular formula is C16H18N2O2. The summed E-state index contributed by atoms with van der Waals surface area (Å²) in [5, 5.41) is 9.34. The first kappa shape index (κ1) is 14.1. The van der Waals surface area contributed by atoms with Crippen molar-refractivity contribution in [1.29, 1.82) is 0 Å². The van der Waals surface area contributed by atoms with Crippen molar-refractivity contribution in [1.82, 2.24) is 4.98 Å². The average Bonchev–Trinajstić information content (AvgIpc) is 2.39. The van der Waals surface area contributed by atoms with Crippen molar-refractivity contribution in [2.45, 2.75) is 20.8 Å². The van der Waals surface area contributed by atoms with Crippen molar-refractivity contribution in [3.63, 3.8) is 0 Å². The number of aromatic nitrogens is 1. The normalized spacial score (nSPS) is 10.3. The fourth-order valence-corrected chi connectivity index (χ4v) is 2.22. The number of rotatable bonds is 4. The Morgan fingerprint density at radius 3 is 2.65 bits per heavy atom. The highest BCUT2D eigenvalue weighted by Crippen LogP contribution is 2.29. The van der Waals surface area contributed by atoms with E-state index in [0.29, 0.717) is 12.2 Å². The molecule has 4 nitrogen and oxygen atoms in total. The second-order valence-electron chi connectivity index (χ2n) is 4.73. The van der Waals surface area contributed by atoms with Crippen molar-refractivity contribution < 1.29 is 9.90 Å². The van der Waals surface area contributed by atoms with Crippen molar-refractivity contribution in [3.05, 3.63) is 53.3 Å². The van der Waals surface area contributed by atoms with E-state index < -0.39 is 5.97 Å². The number of nitrogens with zero attached hydrogens (tertiary/aromatic N) is 2. The fourth-order valence-electron chi connectivity index (χ4n) is 2.22. The van der Waals surface area contributed by atoms with Crippen molar-refractivity contribution in [2.75, 3.05) is 11.4 Å². The molecule has 1 aromatic carbocycles. The van der Waals surface area contributed by atoms with Gasteiger partial charge >= 0.3 is 5.97 Å². The van der Waals surface area contributed by atoms with E-state index in [0.717, 1.165) is 16.9 Å². The standard InChI is InChI=1S/C16H18N2O2/c1-4-18(13-7-5-6-11(2)8-13)15-9-12(3)17-10-14(15)16(19)20/h5-10H,4H2,1-3H3,(H,19,20). The second-order valence-corrected chi connectivity index (χ2v) is 4.73. The number of hydrogen-bond donors (Lipinski definition) is 1. The number of benzene rings is 1. The number of carboxylic acid groups (broad SMARTS) is 1. The van der Waals surface area contributed by atoms with Crippen LogP contribution in [0.25, 0.3) is 0 Å². The van der Waals surface area contributed by atoms with Gasteiger partial charge in [-0.2, -0.15) is 0 Å². The lowest BCUT2D eigenvalue weighted by atomic mass is 10.1. The quantitative estimate of drug-likeness (QED) is 0.923. The van der Waals surface area contributed by atoms with Gasteiger partial charge in [0.25, 0.3) is 0 Å². The van der Waals surface area contributed by atoms with E-state index in [-0.39, 0.29) is 5.56 Å². The van der Waals surface area contributed by atoms with Crippen LogP contribution in [0.3, 0.4) is 0 Å². The molecule has 0 amide bonds. The van der Waals surface area contributed by atoms with Crippen LogP contribution in [0.15, 0.2) is 36.5 Å². The largest absolute Gasteiger partial charge is 0.478 e. The lowest BCUT2D eigenvalue weighted by Crippen LogP contribution is -2.19. The van der Waals surface area contributed by atoms with Gasteiger partial charge in [0.15, 0.2) is 0 Å². The molecule has 0 spiro atoms. The molecule has 0 saturated heterocycles. The van der Waals surface area contributed by atoms with E-state index in [1.165, 1.54) is 6.20 Å². The third kappa shape index (κ3) is 2.79. The SMILES string of the molecule is CCN(c1cccc(C)c1)c1cc(C)ncc1C(=O)O. The van der Waals surface area contributed by atoms with Crippen LogP contribution < -0.4 is 4.90 Å². The third-order valence-corrected chi connectivity index (χ3v) is 3.17. The molecule has 104 valence electrons. The average molecular weight is 270 g/mol. The molecule has 0 radical (unpaired) electrons. The maximum absolute atomic E-state index is 11.4. The number of anilines is 2. The summed E-state index contributed by atoms with van der Waals surface area (Å²) in [7, 11) is 0. The maximum atomic E-state index is 11.4. The summed E-state index contributed by atoms with van der Waals surface area (Å²) in [4.78, 5) is 17.5. The van der Waals surface area contributed by atoms with Gasteiger partial charge in [0, 0.05) is 24.1 Å². The molecular weight excluding hydrogens is 252 g/mol. The van der Waals surface area contributed by atoms with Gasteiger partial charge < -0.3 is 10.0 Å². The van der Waals surface area contributed by atoms with Crippen LogP contribution in [0, 0.1) is 13.8 Å². The van der Waals surface area contributed by atoms with E-state index in [1.54, 1.807) is 0 Å². The minimum Gasteiger partial charge on any atom is -0.478 e. The Morgan fingerprint density at radius 2 is 2.05 bits per heavy atom. The number of carboxylic acids is 1. The minimum absolute atomic E-state index is 0.221. The van der Waals surface area contributed by atoms with Gasteiger partial charge in [-0.05, 0) is 44.5 Å². The molecule has 0 aliphatic heterocycles. The van der Waals surface area contributed by atoms with Crippen LogP contribution in [-0.4, -0.2) is 22.6 Å². The van der Waals surface area contributed by atoms with Crippen LogP contribution in [0.4, 0.5) is 11.4 Å². The van der Waals surface area contributed by atoms with E-state index in [4.69, 9.17) is 0 Å². The molecule has 1 N–H and O–H groups in total. The monoisotopic (exact) mass is 270 g/mol. The van der Waals surface area contributed by atoms with Crippen LogP contribution in [0.5, 0.6) is 0 Å². The Kier molecular flexibility index (Phi) is 4.03. The molecule has 20 heavy (non-hydrogen) atoms. The Labute approximate surface area is 118 Å². The van der Waals surface area contributed by atoms with Crippen LogP contribution in [0.2, 0.25) is 0 Å². The lowest BCUT2D eigenvalue weighted by molar-refractivity contribution is 0.0697. The minimum atomic E-state index is -0.960. The summed E-state index contributed by atoms with van der Waals surface area (Å²) in [6, 6.07) is 9.84. The van der Waals surface area contributed by atoms with Crippen molar-refractivity contribution in [3.8, 4) is 0 Å². The first-order chi connectivity index (χ1) is 9.52. The van der Waals surface area contributed by atoms with Crippen LogP contribution in [0.1, 0.15) is 28.5 Å². The highest BCUT2D eigenvalue weighted by Gasteiger charge is 2.17. The molecule has 4 heteroatoms. The van der Waals surface area contributed by atoms with Gasteiger partial charge in [0.2, 0.25) is 0 Å². The van der Waals surface area contributed by atoms with E-state index in [2.05, 4.69) is 4.98 Å². The molecule has 2 rings (SSSR count). The fraction of sp³-hybridized carbons (Fsp3) is 0.250. The summed E-state index contributed by atoms with van der Waals surface area (Å²) in [5.74, 6) is -0.960. The Balaban J connectivity index is 2.57. The summed E-state index contributed by atoms with van der Waals surface area (Å²) >= 11 is 0. The number of carbonyl (C=O) groups is 1. The molecule has 1 heterocycles. The zero-order valence-corrected chi connectivity index (χ0v) is 11.9. The Bertz CT molecular complexity index is 638. The predicted molar refractivity (Wildman–Crippen MR) is 79.8 cm³/mol. The number of hydrogen-bond acceptors (Lipinski definition) is 3. The zero-order chi connectivity index (χ0) is 14.7. The molecule has 0 saturated carbocycles. The molecule has 0 bridgehead atoms. The Morgan fingerprint density at radius 1 is 1.30 bits per heavy atom. The molecule has 0 aliphatic carbocycles. The topological polar surface area (TPSA) is 53.4 Å². The van der Waals surface area contributed by atoms with E-state index in [9.17, 15) is 9.90 Å². The summed E-state index contributed by atoms with van der Waals surface area (Å²) < 4.78 is 0. The first-order valence-corrected chi connectivity index (χ1v) is 6.57. The highest BCUT2D eigenvalue weighted by atomic mass is 16.4. The van der Waals surface area contributed by atoms with Crippen LogP contribution >= 0.6 is 0 Å². The predicted octanol–water partition coefficient (Wildman–Crippen LogP) is 3.55. The number of aryl methyl sites for hydroxylation is 2. The van der Waals surface area contributed by atoms with Crippen molar-refractivity contribution in [2.24, 2.45) is 0 Å².